The van der Waals surface area contributed by atoms with Gasteiger partial charge < -0.3 is 19.7 Å². The van der Waals surface area contributed by atoms with Gasteiger partial charge in [0.25, 0.3) is 0 Å². The minimum atomic E-state index is -0.591. The van der Waals surface area contributed by atoms with E-state index in [2.05, 4.69) is 15.2 Å². The van der Waals surface area contributed by atoms with E-state index in [1.807, 2.05) is 67.7 Å². The Hall–Kier alpha value is -4.37. The summed E-state index contributed by atoms with van der Waals surface area (Å²) in [5.74, 6) is -0.528. The van der Waals surface area contributed by atoms with Crippen LogP contribution in [0.3, 0.4) is 0 Å². The third-order valence-electron chi connectivity index (χ3n) is 7.13. The maximum Gasteiger partial charge on any atom is 0.411 e. The molecule has 1 saturated heterocycles. The fourth-order valence-corrected chi connectivity index (χ4v) is 5.15. The number of anilines is 2. The SMILES string of the molecule is Cc1c(NC(=O)OCc2ccccc2)cccc1C(C[N+](=O)[O-])c1c[nH]c2cc(N3CCC(O)C3)ccc12. The molecule has 2 unspecified atom stereocenters. The van der Waals surface area contributed by atoms with Gasteiger partial charge in [-0.05, 0) is 53.8 Å². The molecule has 0 spiro atoms. The first-order valence-electron chi connectivity index (χ1n) is 12.6. The van der Waals surface area contributed by atoms with Crippen LogP contribution in [-0.2, 0) is 11.3 Å². The molecule has 2 atom stereocenters. The second-order valence-corrected chi connectivity index (χ2v) is 9.64. The van der Waals surface area contributed by atoms with Crippen molar-refractivity contribution in [2.24, 2.45) is 0 Å². The van der Waals surface area contributed by atoms with Crippen LogP contribution >= 0.6 is 0 Å². The molecule has 1 aliphatic heterocycles. The molecule has 3 N–H and O–H groups in total. The van der Waals surface area contributed by atoms with Crippen LogP contribution in [0.5, 0.6) is 0 Å². The molecule has 5 rings (SSSR count). The fourth-order valence-electron chi connectivity index (χ4n) is 5.15. The van der Waals surface area contributed by atoms with E-state index >= 15 is 0 Å². The Morgan fingerprint density at radius 1 is 1.18 bits per heavy atom. The molecule has 0 radical (unpaired) electrons. The summed E-state index contributed by atoms with van der Waals surface area (Å²) >= 11 is 0. The summed E-state index contributed by atoms with van der Waals surface area (Å²) in [5, 5.41) is 25.3. The predicted octanol–water partition coefficient (Wildman–Crippen LogP) is 5.20. The number of nitrogens with zero attached hydrogens (tertiary/aromatic N) is 2. The molecule has 196 valence electrons. The lowest BCUT2D eigenvalue weighted by atomic mass is 9.87. The third kappa shape index (κ3) is 5.47. The number of rotatable bonds is 8. The number of aliphatic hydroxyl groups is 1. The molecule has 3 aromatic carbocycles. The van der Waals surface area contributed by atoms with Crippen molar-refractivity contribution >= 4 is 28.4 Å². The van der Waals surface area contributed by atoms with Gasteiger partial charge >= 0.3 is 6.09 Å². The zero-order valence-corrected chi connectivity index (χ0v) is 21.1. The van der Waals surface area contributed by atoms with Crippen molar-refractivity contribution in [1.29, 1.82) is 0 Å². The highest BCUT2D eigenvalue weighted by Gasteiger charge is 2.27. The van der Waals surface area contributed by atoms with E-state index in [0.717, 1.165) is 51.8 Å². The number of carbonyl (C=O) groups excluding carboxylic acids is 1. The Bertz CT molecular complexity index is 1450. The van der Waals surface area contributed by atoms with E-state index in [9.17, 15) is 20.0 Å². The van der Waals surface area contributed by atoms with Crippen molar-refractivity contribution in [1.82, 2.24) is 4.98 Å². The Morgan fingerprint density at radius 2 is 2.00 bits per heavy atom. The molecular weight excluding hydrogens is 484 g/mol. The summed E-state index contributed by atoms with van der Waals surface area (Å²) in [5.41, 5.74) is 5.62. The molecule has 38 heavy (non-hydrogen) atoms. The zero-order chi connectivity index (χ0) is 26.6. The first-order chi connectivity index (χ1) is 18.4. The number of aromatic amines is 1. The van der Waals surface area contributed by atoms with Crippen molar-refractivity contribution in [3.8, 4) is 0 Å². The van der Waals surface area contributed by atoms with Gasteiger partial charge in [0, 0.05) is 46.5 Å². The van der Waals surface area contributed by atoms with E-state index in [1.165, 1.54) is 0 Å². The largest absolute Gasteiger partial charge is 0.444 e. The van der Waals surface area contributed by atoms with Gasteiger partial charge in [-0.1, -0.05) is 48.5 Å². The molecule has 4 aromatic rings. The van der Waals surface area contributed by atoms with Crippen molar-refractivity contribution in [3.05, 3.63) is 105 Å². The number of nitro groups is 1. The third-order valence-corrected chi connectivity index (χ3v) is 7.13. The zero-order valence-electron chi connectivity index (χ0n) is 21.1. The lowest BCUT2D eigenvalue weighted by Crippen LogP contribution is -2.20. The number of amides is 1. The molecule has 0 bridgehead atoms. The molecule has 0 aliphatic carbocycles. The minimum Gasteiger partial charge on any atom is -0.444 e. The predicted molar refractivity (Wildman–Crippen MR) is 146 cm³/mol. The van der Waals surface area contributed by atoms with E-state index < -0.39 is 12.0 Å². The van der Waals surface area contributed by atoms with E-state index in [-0.39, 0.29) is 24.2 Å². The smallest absolute Gasteiger partial charge is 0.411 e. The van der Waals surface area contributed by atoms with Crippen LogP contribution in [0.25, 0.3) is 10.9 Å². The van der Waals surface area contributed by atoms with Gasteiger partial charge in [-0.3, -0.25) is 15.4 Å². The van der Waals surface area contributed by atoms with Crippen molar-refractivity contribution in [2.45, 2.75) is 32.0 Å². The summed E-state index contributed by atoms with van der Waals surface area (Å²) in [6, 6.07) is 20.8. The van der Waals surface area contributed by atoms with Crippen LogP contribution in [0.4, 0.5) is 16.2 Å². The fraction of sp³-hybridized carbons (Fsp3) is 0.276. The second kappa shape index (κ2) is 10.9. The molecule has 2 heterocycles. The highest BCUT2D eigenvalue weighted by molar-refractivity contribution is 5.88. The maximum absolute atomic E-state index is 12.5. The average molecular weight is 515 g/mol. The number of hydrogen-bond donors (Lipinski definition) is 3. The van der Waals surface area contributed by atoms with Crippen LogP contribution in [0.1, 0.15) is 34.6 Å². The normalized spacial score (nSPS) is 15.9. The summed E-state index contributed by atoms with van der Waals surface area (Å²) < 4.78 is 5.36. The van der Waals surface area contributed by atoms with Gasteiger partial charge in [-0.15, -0.1) is 0 Å². The summed E-state index contributed by atoms with van der Waals surface area (Å²) in [7, 11) is 0. The number of carbonyl (C=O) groups is 1. The molecule has 1 aromatic heterocycles. The number of ether oxygens (including phenoxy) is 1. The molecule has 0 saturated carbocycles. The second-order valence-electron chi connectivity index (χ2n) is 9.64. The highest BCUT2D eigenvalue weighted by atomic mass is 16.6. The van der Waals surface area contributed by atoms with Crippen LogP contribution in [0, 0.1) is 17.0 Å². The Kier molecular flexibility index (Phi) is 7.28. The number of H-pyrrole nitrogens is 1. The molecule has 1 fully saturated rings. The average Bonchev–Trinajstić information content (AvgIpc) is 3.54. The monoisotopic (exact) mass is 514 g/mol. The highest BCUT2D eigenvalue weighted by Crippen LogP contribution is 2.36. The molecular formula is C29H30N4O5. The van der Waals surface area contributed by atoms with Gasteiger partial charge in [-0.2, -0.15) is 0 Å². The van der Waals surface area contributed by atoms with Crippen molar-refractivity contribution in [2.75, 3.05) is 29.9 Å². The van der Waals surface area contributed by atoms with Gasteiger partial charge in [0.1, 0.15) is 6.61 Å². The lowest BCUT2D eigenvalue weighted by Gasteiger charge is -2.19. The summed E-state index contributed by atoms with van der Waals surface area (Å²) in [6.07, 6.45) is 1.65. The summed E-state index contributed by atoms with van der Waals surface area (Å²) in [6.45, 7) is 3.08. The van der Waals surface area contributed by atoms with Gasteiger partial charge in [0.05, 0.1) is 12.0 Å². The lowest BCUT2D eigenvalue weighted by molar-refractivity contribution is -0.481. The Balaban J connectivity index is 1.40. The number of benzene rings is 3. The van der Waals surface area contributed by atoms with Gasteiger partial charge in [0.15, 0.2) is 0 Å². The Labute approximate surface area is 220 Å². The molecule has 9 heteroatoms. The van der Waals surface area contributed by atoms with Crippen molar-refractivity contribution in [3.63, 3.8) is 0 Å². The first-order valence-corrected chi connectivity index (χ1v) is 12.6. The quantitative estimate of drug-likeness (QED) is 0.219. The maximum atomic E-state index is 12.5. The van der Waals surface area contributed by atoms with Gasteiger partial charge in [0.2, 0.25) is 6.54 Å². The van der Waals surface area contributed by atoms with E-state index in [4.69, 9.17) is 4.74 Å². The number of β-amino-alcohol motifs (C(OH)–C–C–N with tert-alkyl or cyclic N) is 1. The van der Waals surface area contributed by atoms with Gasteiger partial charge in [-0.25, -0.2) is 4.79 Å². The topological polar surface area (TPSA) is 121 Å². The summed E-state index contributed by atoms with van der Waals surface area (Å²) in [4.78, 5) is 29.3. The molecule has 1 aliphatic rings. The minimum absolute atomic E-state index is 0.142. The Morgan fingerprint density at radius 3 is 2.74 bits per heavy atom. The van der Waals surface area contributed by atoms with Crippen LogP contribution in [-0.4, -0.2) is 46.8 Å². The van der Waals surface area contributed by atoms with E-state index in [1.54, 1.807) is 12.1 Å². The number of fused-ring (bicyclic) bond motifs is 1. The number of hydrogen-bond acceptors (Lipinski definition) is 6. The molecule has 9 nitrogen and oxygen atoms in total. The van der Waals surface area contributed by atoms with Crippen LogP contribution in [0.2, 0.25) is 0 Å². The van der Waals surface area contributed by atoms with Crippen LogP contribution < -0.4 is 10.2 Å². The number of nitrogens with one attached hydrogen (secondary N) is 2. The standard InChI is InChI=1S/C29H30N4O5/c1-19-23(8-5-9-27(19)31-29(35)38-18-20-6-3-2-4-7-20)26(17-33(36)37)25-15-30-28-14-21(10-11-24(25)28)32-13-12-22(34)16-32/h2-11,14-15,22,26,30,34H,12-13,16-18H2,1H3,(H,31,35). The van der Waals surface area contributed by atoms with Crippen molar-refractivity contribution < 1.29 is 19.6 Å². The first kappa shape index (κ1) is 25.3. The number of aliphatic hydroxyl groups excluding tert-OH is 1. The number of aromatic nitrogens is 1. The van der Waals surface area contributed by atoms with Crippen LogP contribution in [0.15, 0.2) is 72.9 Å². The molecule has 1 amide bonds. The van der Waals surface area contributed by atoms with E-state index in [0.29, 0.717) is 12.2 Å².